The van der Waals surface area contributed by atoms with Crippen LogP contribution in [0.1, 0.15) is 44.6 Å². The largest absolute Gasteiger partial charge is 0.489 e. The molecule has 0 spiro atoms. The number of nitrogens with one attached hydrogen (secondary N) is 1. The van der Waals surface area contributed by atoms with Crippen molar-refractivity contribution in [1.82, 2.24) is 5.32 Å². The Labute approximate surface area is 123 Å². The zero-order valence-corrected chi connectivity index (χ0v) is 12.6. The zero-order chi connectivity index (χ0) is 14.2. The van der Waals surface area contributed by atoms with E-state index in [-0.39, 0.29) is 0 Å². The molecular formula is C18H27NO. The summed E-state index contributed by atoms with van der Waals surface area (Å²) in [6.07, 6.45) is 8.76. The number of para-hydroxylation sites is 1. The SMILES string of the molecule is C=CCOc1ccccc1CNC(C)C1CCCCC1. The van der Waals surface area contributed by atoms with E-state index < -0.39 is 0 Å². The van der Waals surface area contributed by atoms with Gasteiger partial charge in [0.1, 0.15) is 12.4 Å². The van der Waals surface area contributed by atoms with Crippen molar-refractivity contribution >= 4 is 0 Å². The molecule has 110 valence electrons. The first-order valence-electron chi connectivity index (χ1n) is 7.86. The third-order valence-corrected chi connectivity index (χ3v) is 4.30. The lowest BCUT2D eigenvalue weighted by molar-refractivity contribution is 0.279. The van der Waals surface area contributed by atoms with Crippen LogP contribution in [0.5, 0.6) is 5.75 Å². The van der Waals surface area contributed by atoms with Crippen LogP contribution >= 0.6 is 0 Å². The maximum Gasteiger partial charge on any atom is 0.124 e. The first-order chi connectivity index (χ1) is 9.81. The summed E-state index contributed by atoms with van der Waals surface area (Å²) in [4.78, 5) is 0. The highest BCUT2D eigenvalue weighted by Crippen LogP contribution is 2.27. The van der Waals surface area contributed by atoms with Gasteiger partial charge in [-0.3, -0.25) is 0 Å². The predicted molar refractivity (Wildman–Crippen MR) is 85.0 cm³/mol. The van der Waals surface area contributed by atoms with Gasteiger partial charge in [0, 0.05) is 18.2 Å². The van der Waals surface area contributed by atoms with Crippen LogP contribution in [0.3, 0.4) is 0 Å². The third kappa shape index (κ3) is 4.38. The van der Waals surface area contributed by atoms with Gasteiger partial charge in [0.05, 0.1) is 0 Å². The van der Waals surface area contributed by atoms with Crippen molar-refractivity contribution in [1.29, 1.82) is 0 Å². The van der Waals surface area contributed by atoms with Gasteiger partial charge >= 0.3 is 0 Å². The molecule has 2 nitrogen and oxygen atoms in total. The Bertz CT molecular complexity index is 410. The van der Waals surface area contributed by atoms with Crippen LogP contribution in [-0.4, -0.2) is 12.6 Å². The number of ether oxygens (including phenoxy) is 1. The standard InChI is InChI=1S/C18H27NO/c1-3-13-20-18-12-8-7-11-17(18)14-19-15(2)16-9-5-4-6-10-16/h3,7-8,11-12,15-16,19H,1,4-6,9-10,13-14H2,2H3. The summed E-state index contributed by atoms with van der Waals surface area (Å²) < 4.78 is 5.71. The fourth-order valence-electron chi connectivity index (χ4n) is 3.01. The van der Waals surface area contributed by atoms with E-state index >= 15 is 0 Å². The van der Waals surface area contributed by atoms with E-state index in [1.165, 1.54) is 37.7 Å². The van der Waals surface area contributed by atoms with Crippen LogP contribution < -0.4 is 10.1 Å². The van der Waals surface area contributed by atoms with E-state index in [0.29, 0.717) is 12.6 Å². The Balaban J connectivity index is 1.87. The van der Waals surface area contributed by atoms with Gasteiger partial charge < -0.3 is 10.1 Å². The second kappa shape index (κ2) is 8.11. The maximum atomic E-state index is 5.71. The molecule has 0 heterocycles. The van der Waals surface area contributed by atoms with Gasteiger partial charge in [-0.2, -0.15) is 0 Å². The molecule has 20 heavy (non-hydrogen) atoms. The molecule has 2 rings (SSSR count). The van der Waals surface area contributed by atoms with Crippen molar-refractivity contribution in [3.63, 3.8) is 0 Å². The van der Waals surface area contributed by atoms with Crippen molar-refractivity contribution in [2.75, 3.05) is 6.61 Å². The summed E-state index contributed by atoms with van der Waals surface area (Å²) >= 11 is 0. The maximum absolute atomic E-state index is 5.71. The molecule has 2 heteroatoms. The highest BCUT2D eigenvalue weighted by Gasteiger charge is 2.19. The Kier molecular flexibility index (Phi) is 6.13. The molecule has 0 saturated heterocycles. The average Bonchev–Trinajstić information content (AvgIpc) is 2.52. The van der Waals surface area contributed by atoms with Crippen LogP contribution in [0.15, 0.2) is 36.9 Å². The molecule has 1 aliphatic rings. The number of hydrogen-bond donors (Lipinski definition) is 1. The first-order valence-corrected chi connectivity index (χ1v) is 7.86. The number of rotatable bonds is 7. The quantitative estimate of drug-likeness (QED) is 0.747. The summed E-state index contributed by atoms with van der Waals surface area (Å²) in [5.74, 6) is 1.81. The van der Waals surface area contributed by atoms with E-state index in [9.17, 15) is 0 Å². The van der Waals surface area contributed by atoms with Crippen LogP contribution in [0.4, 0.5) is 0 Å². The minimum atomic E-state index is 0.565. The zero-order valence-electron chi connectivity index (χ0n) is 12.6. The summed E-state index contributed by atoms with van der Waals surface area (Å²) in [6.45, 7) is 7.47. The minimum absolute atomic E-state index is 0.565. The van der Waals surface area contributed by atoms with E-state index in [0.717, 1.165) is 18.2 Å². The van der Waals surface area contributed by atoms with Crippen molar-refractivity contribution in [3.05, 3.63) is 42.5 Å². The molecule has 1 unspecified atom stereocenters. The Morgan fingerprint density at radius 3 is 2.80 bits per heavy atom. The monoisotopic (exact) mass is 273 g/mol. The summed E-state index contributed by atoms with van der Waals surface area (Å²) in [5.41, 5.74) is 1.23. The van der Waals surface area contributed by atoms with Gasteiger partial charge in [-0.15, -0.1) is 0 Å². The lowest BCUT2D eigenvalue weighted by atomic mass is 9.84. The van der Waals surface area contributed by atoms with Crippen molar-refractivity contribution in [2.45, 2.75) is 51.6 Å². The van der Waals surface area contributed by atoms with Crippen LogP contribution in [0.2, 0.25) is 0 Å². The molecule has 0 bridgehead atoms. The molecule has 1 saturated carbocycles. The first kappa shape index (κ1) is 15.1. The van der Waals surface area contributed by atoms with E-state index in [1.807, 2.05) is 12.1 Å². The second-order valence-electron chi connectivity index (χ2n) is 5.78. The molecule has 1 aromatic rings. The van der Waals surface area contributed by atoms with Gasteiger partial charge in [0.2, 0.25) is 0 Å². The van der Waals surface area contributed by atoms with E-state index in [4.69, 9.17) is 4.74 Å². The molecule has 0 aliphatic heterocycles. The van der Waals surface area contributed by atoms with Gasteiger partial charge in [0.25, 0.3) is 0 Å². The Morgan fingerprint density at radius 1 is 1.30 bits per heavy atom. The number of benzene rings is 1. The molecule has 1 fully saturated rings. The molecule has 1 aliphatic carbocycles. The Morgan fingerprint density at radius 2 is 2.05 bits per heavy atom. The summed E-state index contributed by atoms with van der Waals surface area (Å²) in [6, 6.07) is 8.85. The van der Waals surface area contributed by atoms with Crippen LogP contribution in [-0.2, 0) is 6.54 Å². The molecule has 1 aromatic carbocycles. The molecule has 1 N–H and O–H groups in total. The average molecular weight is 273 g/mol. The minimum Gasteiger partial charge on any atom is -0.489 e. The fourth-order valence-corrected chi connectivity index (χ4v) is 3.01. The van der Waals surface area contributed by atoms with Crippen LogP contribution in [0.25, 0.3) is 0 Å². The van der Waals surface area contributed by atoms with Crippen molar-refractivity contribution in [2.24, 2.45) is 5.92 Å². The predicted octanol–water partition coefficient (Wildman–Crippen LogP) is 4.31. The molecule has 0 amide bonds. The highest BCUT2D eigenvalue weighted by molar-refractivity contribution is 5.33. The van der Waals surface area contributed by atoms with Gasteiger partial charge in [0.15, 0.2) is 0 Å². The normalized spacial score (nSPS) is 17.6. The summed E-state index contributed by atoms with van der Waals surface area (Å²) in [5, 5.41) is 3.68. The van der Waals surface area contributed by atoms with Gasteiger partial charge in [-0.05, 0) is 31.7 Å². The van der Waals surface area contributed by atoms with E-state index in [2.05, 4.69) is 31.0 Å². The molecule has 0 aromatic heterocycles. The number of hydrogen-bond acceptors (Lipinski definition) is 2. The molecular weight excluding hydrogens is 246 g/mol. The second-order valence-corrected chi connectivity index (χ2v) is 5.78. The lowest BCUT2D eigenvalue weighted by Gasteiger charge is -2.28. The van der Waals surface area contributed by atoms with Crippen LogP contribution in [0, 0.1) is 5.92 Å². The summed E-state index contributed by atoms with van der Waals surface area (Å²) in [7, 11) is 0. The van der Waals surface area contributed by atoms with Gasteiger partial charge in [-0.25, -0.2) is 0 Å². The van der Waals surface area contributed by atoms with Crippen molar-refractivity contribution < 1.29 is 4.74 Å². The van der Waals surface area contributed by atoms with Gasteiger partial charge in [-0.1, -0.05) is 50.1 Å². The van der Waals surface area contributed by atoms with Crippen molar-refractivity contribution in [3.8, 4) is 5.75 Å². The smallest absolute Gasteiger partial charge is 0.124 e. The third-order valence-electron chi connectivity index (χ3n) is 4.30. The fraction of sp³-hybridized carbons (Fsp3) is 0.556. The highest BCUT2D eigenvalue weighted by atomic mass is 16.5. The lowest BCUT2D eigenvalue weighted by Crippen LogP contribution is -2.34. The molecule has 1 atom stereocenters. The van der Waals surface area contributed by atoms with E-state index in [1.54, 1.807) is 6.08 Å². The Hall–Kier alpha value is -1.28. The molecule has 0 radical (unpaired) electrons. The topological polar surface area (TPSA) is 21.3 Å².